The highest BCUT2D eigenvalue weighted by atomic mass is 32.1. The zero-order valence-corrected chi connectivity index (χ0v) is 15.8. The maximum Gasteiger partial charge on any atom is 0.232 e. The number of nitrogens with one attached hydrogen (secondary N) is 2. The minimum atomic E-state index is -0.178. The molecule has 138 valence electrons. The van der Waals surface area contributed by atoms with E-state index in [4.69, 9.17) is 17.0 Å². The van der Waals surface area contributed by atoms with Gasteiger partial charge in [-0.05, 0) is 92.8 Å². The quantitative estimate of drug-likeness (QED) is 0.600. The van der Waals surface area contributed by atoms with Crippen LogP contribution in [-0.2, 0) is 4.79 Å². The molecule has 0 radical (unpaired) electrons. The number of rotatable bonds is 5. The molecule has 0 heterocycles. The molecular formula is C21H26N2O2S. The Morgan fingerprint density at radius 2 is 1.73 bits per heavy atom. The van der Waals surface area contributed by atoms with Gasteiger partial charge in [0.1, 0.15) is 12.4 Å². The molecule has 0 aliphatic heterocycles. The van der Waals surface area contributed by atoms with Gasteiger partial charge in [0, 0.05) is 5.69 Å². The maximum atomic E-state index is 13.0. The van der Waals surface area contributed by atoms with E-state index >= 15 is 0 Å². The van der Waals surface area contributed by atoms with Gasteiger partial charge in [-0.25, -0.2) is 0 Å². The molecular weight excluding hydrogens is 344 g/mol. The van der Waals surface area contributed by atoms with Crippen LogP contribution in [0.5, 0.6) is 5.75 Å². The number of ether oxygens (including phenoxy) is 1. The fraction of sp³-hybridized carbons (Fsp3) is 0.524. The summed E-state index contributed by atoms with van der Waals surface area (Å²) in [5.41, 5.74) is 0.662. The lowest BCUT2D eigenvalue weighted by atomic mass is 9.49. The topological polar surface area (TPSA) is 50.4 Å². The Morgan fingerprint density at radius 1 is 1.15 bits per heavy atom. The molecule has 4 bridgehead atoms. The van der Waals surface area contributed by atoms with Gasteiger partial charge < -0.3 is 15.4 Å². The number of benzene rings is 1. The van der Waals surface area contributed by atoms with Crippen molar-refractivity contribution in [2.24, 2.45) is 23.2 Å². The van der Waals surface area contributed by atoms with Gasteiger partial charge in [-0.1, -0.05) is 12.7 Å². The third-order valence-corrected chi connectivity index (χ3v) is 6.43. The van der Waals surface area contributed by atoms with Gasteiger partial charge in [-0.3, -0.25) is 4.79 Å². The number of hydrogen-bond acceptors (Lipinski definition) is 3. The van der Waals surface area contributed by atoms with Crippen molar-refractivity contribution in [2.75, 3.05) is 11.9 Å². The Balaban J connectivity index is 1.34. The van der Waals surface area contributed by atoms with Crippen molar-refractivity contribution < 1.29 is 9.53 Å². The first-order chi connectivity index (χ1) is 12.6. The van der Waals surface area contributed by atoms with E-state index in [9.17, 15) is 4.79 Å². The Kier molecular flexibility index (Phi) is 4.74. The number of anilines is 1. The van der Waals surface area contributed by atoms with Crippen molar-refractivity contribution in [3.8, 4) is 5.75 Å². The lowest BCUT2D eigenvalue weighted by Gasteiger charge is -2.55. The number of amides is 1. The van der Waals surface area contributed by atoms with Crippen LogP contribution in [0.3, 0.4) is 0 Å². The molecule has 0 saturated heterocycles. The molecule has 5 rings (SSSR count). The van der Waals surface area contributed by atoms with E-state index in [1.54, 1.807) is 6.08 Å². The van der Waals surface area contributed by atoms with E-state index in [1.165, 1.54) is 19.3 Å². The van der Waals surface area contributed by atoms with Crippen LogP contribution in [0, 0.1) is 23.2 Å². The van der Waals surface area contributed by atoms with E-state index in [2.05, 4.69) is 17.2 Å². The lowest BCUT2D eigenvalue weighted by Crippen LogP contribution is -2.55. The monoisotopic (exact) mass is 370 g/mol. The second-order valence-corrected chi connectivity index (χ2v) is 8.64. The van der Waals surface area contributed by atoms with Crippen molar-refractivity contribution in [2.45, 2.75) is 38.5 Å². The minimum Gasteiger partial charge on any atom is -0.490 e. The summed E-state index contributed by atoms with van der Waals surface area (Å²) < 4.78 is 5.47. The van der Waals surface area contributed by atoms with Crippen molar-refractivity contribution in [1.29, 1.82) is 0 Å². The van der Waals surface area contributed by atoms with Gasteiger partial charge in [0.2, 0.25) is 5.91 Å². The molecule has 2 N–H and O–H groups in total. The average molecular weight is 371 g/mol. The summed E-state index contributed by atoms with van der Waals surface area (Å²) in [4.78, 5) is 13.0. The summed E-state index contributed by atoms with van der Waals surface area (Å²) in [6.07, 6.45) is 8.83. The van der Waals surface area contributed by atoms with Gasteiger partial charge >= 0.3 is 0 Å². The standard InChI is InChI=1S/C21H26N2O2S/c1-2-7-25-18-5-3-17(4-6-18)22-20(26)23-19(24)21-11-14-8-15(12-21)10-16(9-14)13-21/h2-6,14-16H,1,7-13H2,(H2,22,23,24,26). The van der Waals surface area contributed by atoms with Crippen LogP contribution in [-0.4, -0.2) is 17.6 Å². The average Bonchev–Trinajstić information content (AvgIpc) is 2.60. The van der Waals surface area contributed by atoms with Crippen molar-refractivity contribution in [3.05, 3.63) is 36.9 Å². The molecule has 1 aromatic rings. The van der Waals surface area contributed by atoms with Gasteiger partial charge in [-0.2, -0.15) is 0 Å². The summed E-state index contributed by atoms with van der Waals surface area (Å²) >= 11 is 5.38. The maximum absolute atomic E-state index is 13.0. The summed E-state index contributed by atoms with van der Waals surface area (Å²) in [5.74, 6) is 3.14. The zero-order valence-electron chi connectivity index (χ0n) is 15.0. The number of thiocarbonyl (C=S) groups is 1. The summed E-state index contributed by atoms with van der Waals surface area (Å²) in [7, 11) is 0. The first-order valence-electron chi connectivity index (χ1n) is 9.52. The van der Waals surface area contributed by atoms with Crippen LogP contribution < -0.4 is 15.4 Å². The van der Waals surface area contributed by atoms with E-state index in [0.717, 1.165) is 48.5 Å². The Morgan fingerprint density at radius 3 is 2.27 bits per heavy atom. The Hall–Kier alpha value is -1.88. The van der Waals surface area contributed by atoms with E-state index < -0.39 is 0 Å². The van der Waals surface area contributed by atoms with Crippen LogP contribution >= 0.6 is 12.2 Å². The second-order valence-electron chi connectivity index (χ2n) is 8.23. The Bertz CT molecular complexity index is 678. The smallest absolute Gasteiger partial charge is 0.232 e. The van der Waals surface area contributed by atoms with Gasteiger partial charge in [0.25, 0.3) is 0 Å². The third-order valence-electron chi connectivity index (χ3n) is 6.23. The van der Waals surface area contributed by atoms with Crippen LogP contribution in [0.25, 0.3) is 0 Å². The third kappa shape index (κ3) is 3.50. The molecule has 5 heteroatoms. The van der Waals surface area contributed by atoms with Gasteiger partial charge in [0.15, 0.2) is 5.11 Å². The first kappa shape index (κ1) is 17.5. The van der Waals surface area contributed by atoms with Crippen molar-refractivity contribution in [3.63, 3.8) is 0 Å². The van der Waals surface area contributed by atoms with Gasteiger partial charge in [0.05, 0.1) is 5.41 Å². The number of carbonyl (C=O) groups is 1. The fourth-order valence-electron chi connectivity index (χ4n) is 5.58. The molecule has 1 amide bonds. The number of carbonyl (C=O) groups excluding carboxylic acids is 1. The second kappa shape index (κ2) is 7.03. The molecule has 0 unspecified atom stereocenters. The summed E-state index contributed by atoms with van der Waals surface area (Å²) in [5, 5.41) is 6.46. The first-order valence-corrected chi connectivity index (χ1v) is 9.93. The van der Waals surface area contributed by atoms with Crippen LogP contribution in [0.4, 0.5) is 5.69 Å². The SMILES string of the molecule is C=CCOc1ccc(NC(=S)NC(=O)C23CC4CC(CC(C4)C2)C3)cc1. The van der Waals surface area contributed by atoms with Crippen LogP contribution in [0.15, 0.2) is 36.9 Å². The molecule has 0 atom stereocenters. The molecule has 4 aliphatic rings. The molecule has 4 saturated carbocycles. The number of hydrogen-bond donors (Lipinski definition) is 2. The predicted molar refractivity (Wildman–Crippen MR) is 107 cm³/mol. The predicted octanol–water partition coefficient (Wildman–Crippen LogP) is 4.28. The summed E-state index contributed by atoms with van der Waals surface area (Å²) in [6.45, 7) is 4.11. The molecule has 26 heavy (non-hydrogen) atoms. The van der Waals surface area contributed by atoms with E-state index in [1.807, 2.05) is 24.3 Å². The van der Waals surface area contributed by atoms with Crippen molar-refractivity contribution >= 4 is 28.9 Å². The normalized spacial score (nSPS) is 31.3. The highest BCUT2D eigenvalue weighted by Gasteiger charge is 2.54. The van der Waals surface area contributed by atoms with Crippen LogP contribution in [0.2, 0.25) is 0 Å². The molecule has 4 nitrogen and oxygen atoms in total. The molecule has 4 fully saturated rings. The molecule has 0 aromatic heterocycles. The molecule has 1 aromatic carbocycles. The van der Waals surface area contributed by atoms with Gasteiger partial charge in [-0.15, -0.1) is 0 Å². The van der Waals surface area contributed by atoms with Crippen LogP contribution in [0.1, 0.15) is 38.5 Å². The largest absolute Gasteiger partial charge is 0.490 e. The highest BCUT2D eigenvalue weighted by Crippen LogP contribution is 2.60. The van der Waals surface area contributed by atoms with Crippen molar-refractivity contribution in [1.82, 2.24) is 5.32 Å². The zero-order chi connectivity index (χ0) is 18.1. The highest BCUT2D eigenvalue weighted by molar-refractivity contribution is 7.80. The Labute approximate surface area is 160 Å². The fourth-order valence-corrected chi connectivity index (χ4v) is 5.79. The molecule has 0 spiro atoms. The molecule has 4 aliphatic carbocycles. The summed E-state index contributed by atoms with van der Waals surface area (Å²) in [6, 6.07) is 7.52. The van der Waals surface area contributed by atoms with E-state index in [-0.39, 0.29) is 11.3 Å². The van der Waals surface area contributed by atoms with E-state index in [0.29, 0.717) is 11.7 Å². The lowest BCUT2D eigenvalue weighted by molar-refractivity contribution is -0.144. The minimum absolute atomic E-state index is 0.125.